The third-order valence-electron chi connectivity index (χ3n) is 5.38. The lowest BCUT2D eigenvalue weighted by molar-refractivity contribution is -0.153. The molecule has 0 saturated heterocycles. The number of para-hydroxylation sites is 1. The van der Waals surface area contributed by atoms with Crippen molar-refractivity contribution in [2.45, 2.75) is 26.7 Å². The van der Waals surface area contributed by atoms with Gasteiger partial charge in [0.25, 0.3) is 0 Å². The highest BCUT2D eigenvalue weighted by Crippen LogP contribution is 2.36. The van der Waals surface area contributed by atoms with Crippen LogP contribution in [0.1, 0.15) is 42.6 Å². The minimum absolute atomic E-state index is 0.0543. The van der Waals surface area contributed by atoms with E-state index in [0.717, 1.165) is 0 Å². The van der Waals surface area contributed by atoms with Crippen molar-refractivity contribution in [1.29, 1.82) is 0 Å². The molecule has 3 aromatic rings. The molecule has 6 heteroatoms. The molecule has 0 aliphatic heterocycles. The topological polar surface area (TPSA) is 69.7 Å². The van der Waals surface area contributed by atoms with Gasteiger partial charge in [-0.3, -0.25) is 14.4 Å². The number of ketones is 2. The largest absolute Gasteiger partial charge is 0.465 e. The molecule has 5 nitrogen and oxygen atoms in total. The zero-order valence-corrected chi connectivity index (χ0v) is 19.4. The van der Waals surface area contributed by atoms with E-state index in [9.17, 15) is 18.8 Å². The maximum atomic E-state index is 14.6. The van der Waals surface area contributed by atoms with Gasteiger partial charge in [0.2, 0.25) is 0 Å². The Kier molecular flexibility index (Phi) is 8.30. The molecule has 3 rings (SSSR count). The van der Waals surface area contributed by atoms with E-state index in [0.29, 0.717) is 11.3 Å². The van der Waals surface area contributed by atoms with Crippen LogP contribution in [0.3, 0.4) is 0 Å². The van der Waals surface area contributed by atoms with Gasteiger partial charge < -0.3 is 9.47 Å². The third-order valence-corrected chi connectivity index (χ3v) is 5.38. The molecule has 0 radical (unpaired) electrons. The van der Waals surface area contributed by atoms with Crippen molar-refractivity contribution >= 4 is 17.5 Å². The Morgan fingerprint density at radius 2 is 1.50 bits per heavy atom. The lowest BCUT2D eigenvalue weighted by Crippen LogP contribution is -2.38. The van der Waals surface area contributed by atoms with Gasteiger partial charge in [-0.15, -0.1) is 0 Å². The Labute approximate surface area is 198 Å². The SMILES string of the molecule is CCOC(=O)C(C(=O)C(C)C)C(C(=O)c1ccccc1)c1ccc(F)c(Oc2ccccc2)c1. The van der Waals surface area contributed by atoms with Gasteiger partial charge in [0.15, 0.2) is 23.1 Å². The van der Waals surface area contributed by atoms with Crippen LogP contribution in [0.5, 0.6) is 11.5 Å². The van der Waals surface area contributed by atoms with Crippen molar-refractivity contribution in [3.8, 4) is 11.5 Å². The number of ether oxygens (including phenoxy) is 2. The van der Waals surface area contributed by atoms with Crippen LogP contribution >= 0.6 is 0 Å². The van der Waals surface area contributed by atoms with Crippen LogP contribution in [0.2, 0.25) is 0 Å². The molecule has 0 heterocycles. The van der Waals surface area contributed by atoms with Crippen LogP contribution < -0.4 is 4.74 Å². The van der Waals surface area contributed by atoms with Gasteiger partial charge in [-0.05, 0) is 36.8 Å². The number of rotatable bonds is 10. The van der Waals surface area contributed by atoms with Gasteiger partial charge in [-0.1, -0.05) is 68.4 Å². The predicted molar refractivity (Wildman–Crippen MR) is 126 cm³/mol. The number of carbonyl (C=O) groups excluding carboxylic acids is 3. The minimum atomic E-state index is -1.39. The molecule has 0 amide bonds. The van der Waals surface area contributed by atoms with Gasteiger partial charge >= 0.3 is 5.97 Å². The average Bonchev–Trinajstić information content (AvgIpc) is 2.84. The minimum Gasteiger partial charge on any atom is -0.465 e. The quantitative estimate of drug-likeness (QED) is 0.210. The average molecular weight is 463 g/mol. The molecule has 0 N–H and O–H groups in total. The van der Waals surface area contributed by atoms with Crippen molar-refractivity contribution in [2.75, 3.05) is 6.61 Å². The molecule has 0 aliphatic rings. The van der Waals surface area contributed by atoms with E-state index in [4.69, 9.17) is 9.47 Å². The number of benzene rings is 3. The standard InChI is InChI=1S/C28H27FO5/c1-4-33-28(32)25(26(30)18(2)3)24(27(31)19-11-7-5-8-12-19)20-15-16-22(29)23(17-20)34-21-13-9-6-10-14-21/h5-18,24-25H,4H2,1-3H3. The highest BCUT2D eigenvalue weighted by Gasteiger charge is 2.42. The fraction of sp³-hybridized carbons (Fsp3) is 0.250. The molecular weight excluding hydrogens is 435 g/mol. The summed E-state index contributed by atoms with van der Waals surface area (Å²) in [5.74, 6) is -5.13. The number of hydrogen-bond donors (Lipinski definition) is 0. The molecule has 0 spiro atoms. The first-order chi connectivity index (χ1) is 16.3. The van der Waals surface area contributed by atoms with E-state index < -0.39 is 41.1 Å². The van der Waals surface area contributed by atoms with Crippen LogP contribution in [0.25, 0.3) is 0 Å². The second kappa shape index (κ2) is 11.4. The third kappa shape index (κ3) is 5.76. The molecule has 0 aliphatic carbocycles. The van der Waals surface area contributed by atoms with Crippen molar-refractivity contribution in [3.05, 3.63) is 95.8 Å². The Morgan fingerprint density at radius 1 is 0.882 bits per heavy atom. The van der Waals surface area contributed by atoms with E-state index in [1.807, 2.05) is 0 Å². The maximum absolute atomic E-state index is 14.6. The second-order valence-corrected chi connectivity index (χ2v) is 8.10. The van der Waals surface area contributed by atoms with Crippen molar-refractivity contribution in [2.24, 2.45) is 11.8 Å². The number of Topliss-reactive ketones (excluding diaryl/α,β-unsaturated/α-hetero) is 2. The number of halogens is 1. The molecule has 3 aromatic carbocycles. The predicted octanol–water partition coefficient (Wildman–Crippen LogP) is 5.99. The van der Waals surface area contributed by atoms with Crippen LogP contribution in [0.4, 0.5) is 4.39 Å². The molecule has 0 bridgehead atoms. The lowest BCUT2D eigenvalue weighted by atomic mass is 9.76. The zero-order chi connectivity index (χ0) is 24.7. The van der Waals surface area contributed by atoms with E-state index in [1.54, 1.807) is 81.4 Å². The van der Waals surface area contributed by atoms with Gasteiger partial charge in [0, 0.05) is 11.5 Å². The molecule has 176 valence electrons. The molecule has 0 saturated carbocycles. The molecule has 0 aromatic heterocycles. The summed E-state index contributed by atoms with van der Waals surface area (Å²) in [4.78, 5) is 39.9. The van der Waals surface area contributed by atoms with Crippen molar-refractivity contribution in [3.63, 3.8) is 0 Å². The first kappa shape index (κ1) is 24.8. The highest BCUT2D eigenvalue weighted by atomic mass is 19.1. The molecule has 34 heavy (non-hydrogen) atoms. The Bertz CT molecular complexity index is 1140. The zero-order valence-electron chi connectivity index (χ0n) is 19.4. The molecule has 0 fully saturated rings. The first-order valence-corrected chi connectivity index (χ1v) is 11.2. The smallest absolute Gasteiger partial charge is 0.317 e. The van der Waals surface area contributed by atoms with Crippen molar-refractivity contribution < 1.29 is 28.2 Å². The van der Waals surface area contributed by atoms with E-state index in [1.165, 1.54) is 18.2 Å². The van der Waals surface area contributed by atoms with Crippen LogP contribution in [0.15, 0.2) is 78.9 Å². The number of hydrogen-bond acceptors (Lipinski definition) is 5. The highest BCUT2D eigenvalue weighted by molar-refractivity contribution is 6.10. The Hall–Kier alpha value is -3.80. The number of carbonyl (C=O) groups is 3. The molecule has 2 atom stereocenters. The monoisotopic (exact) mass is 462 g/mol. The lowest BCUT2D eigenvalue weighted by Gasteiger charge is -2.26. The fourth-order valence-electron chi connectivity index (χ4n) is 3.69. The fourth-order valence-corrected chi connectivity index (χ4v) is 3.69. The molecule has 2 unspecified atom stereocenters. The summed E-state index contributed by atoms with van der Waals surface area (Å²) in [5, 5.41) is 0. The van der Waals surface area contributed by atoms with Gasteiger partial charge in [0.1, 0.15) is 11.7 Å². The maximum Gasteiger partial charge on any atom is 0.317 e. The van der Waals surface area contributed by atoms with E-state index in [2.05, 4.69) is 0 Å². The Balaban J connectivity index is 2.15. The van der Waals surface area contributed by atoms with Gasteiger partial charge in [0.05, 0.1) is 12.5 Å². The summed E-state index contributed by atoms with van der Waals surface area (Å²) >= 11 is 0. The van der Waals surface area contributed by atoms with Crippen LogP contribution in [-0.2, 0) is 14.3 Å². The van der Waals surface area contributed by atoms with Crippen LogP contribution in [-0.4, -0.2) is 24.1 Å². The summed E-state index contributed by atoms with van der Waals surface area (Å²) in [6, 6.07) is 21.0. The van der Waals surface area contributed by atoms with E-state index >= 15 is 0 Å². The van der Waals surface area contributed by atoms with E-state index in [-0.39, 0.29) is 17.9 Å². The second-order valence-electron chi connectivity index (χ2n) is 8.10. The summed E-state index contributed by atoms with van der Waals surface area (Å²) < 4.78 is 25.5. The van der Waals surface area contributed by atoms with Gasteiger partial charge in [-0.25, -0.2) is 4.39 Å². The summed E-state index contributed by atoms with van der Waals surface area (Å²) in [6.07, 6.45) is 0. The molecular formula is C28H27FO5. The summed E-state index contributed by atoms with van der Waals surface area (Å²) in [5.41, 5.74) is 0.612. The summed E-state index contributed by atoms with van der Waals surface area (Å²) in [6.45, 7) is 5.01. The normalized spacial score (nSPS) is 12.6. The summed E-state index contributed by atoms with van der Waals surface area (Å²) in [7, 11) is 0. The van der Waals surface area contributed by atoms with Gasteiger partial charge in [-0.2, -0.15) is 0 Å². The number of esters is 1. The van der Waals surface area contributed by atoms with Crippen molar-refractivity contribution in [1.82, 2.24) is 0 Å². The Morgan fingerprint density at radius 3 is 2.09 bits per heavy atom. The first-order valence-electron chi connectivity index (χ1n) is 11.2. The van der Waals surface area contributed by atoms with Crippen LogP contribution in [0, 0.1) is 17.7 Å².